The van der Waals surface area contributed by atoms with Crippen LogP contribution in [0.25, 0.3) is 10.4 Å². The highest BCUT2D eigenvalue weighted by Crippen LogP contribution is 2.79. The Morgan fingerprint density at radius 2 is 1.53 bits per heavy atom. The van der Waals surface area contributed by atoms with Crippen molar-refractivity contribution < 1.29 is 63.1 Å². The normalized spacial score (nSPS) is 21.8. The number of halogens is 5. The Labute approximate surface area is 605 Å². The van der Waals surface area contributed by atoms with E-state index in [9.17, 15) is 63.1 Å². The van der Waals surface area contributed by atoms with Crippen LogP contribution in [-0.2, 0) is 34.2 Å². The summed E-state index contributed by atoms with van der Waals surface area (Å²) < 4.78 is 128. The number of aromatic nitrogens is 1. The molecule has 5 atom stereocenters. The third kappa shape index (κ3) is 18.4. The molecule has 5 N–H and O–H groups in total. The summed E-state index contributed by atoms with van der Waals surface area (Å²) in [5.74, 6) is -2.00. The summed E-state index contributed by atoms with van der Waals surface area (Å²) in [4.78, 5) is 67.5. The van der Waals surface area contributed by atoms with Crippen LogP contribution in [0.5, 0.6) is 0 Å². The van der Waals surface area contributed by atoms with Gasteiger partial charge in [-0.3, -0.25) is 24.1 Å². The summed E-state index contributed by atoms with van der Waals surface area (Å²) in [7, 11) is -11.1. The molecule has 4 amide bonds. The molecule has 18 nitrogen and oxygen atoms in total. The van der Waals surface area contributed by atoms with E-state index in [1.165, 1.54) is 39.9 Å². The van der Waals surface area contributed by atoms with Crippen LogP contribution in [0.4, 0.5) is 33.3 Å². The maximum Gasteiger partial charge on any atom is 0.501 e. The maximum absolute atomic E-state index is 14.6. The number of sulfone groups is 1. The molecule has 2 aliphatic heterocycles. The first-order valence-corrected chi connectivity index (χ1v) is 40.3. The van der Waals surface area contributed by atoms with Crippen molar-refractivity contribution in [1.82, 2.24) is 35.0 Å². The number of aliphatic hydroxyl groups excluding tert-OH is 1. The van der Waals surface area contributed by atoms with Gasteiger partial charge in [-0.2, -0.15) is 13.2 Å². The van der Waals surface area contributed by atoms with E-state index in [1.807, 2.05) is 101 Å². The third-order valence-corrected chi connectivity index (χ3v) is 26.2. The quantitative estimate of drug-likeness (QED) is 0.0120. The minimum absolute atomic E-state index is 0.0490. The van der Waals surface area contributed by atoms with Crippen LogP contribution in [0.15, 0.2) is 128 Å². The first-order chi connectivity index (χ1) is 48.1. The molecule has 1 aromatic heterocycles. The van der Waals surface area contributed by atoms with Crippen molar-refractivity contribution in [2.24, 2.45) is 21.7 Å². The van der Waals surface area contributed by atoms with E-state index in [-0.39, 0.29) is 47.4 Å². The van der Waals surface area contributed by atoms with Crippen molar-refractivity contribution in [1.29, 1.82) is 0 Å². The van der Waals surface area contributed by atoms with Crippen LogP contribution in [0.1, 0.15) is 160 Å². The first kappa shape index (κ1) is 78.1. The number of piperazine rings is 1. The van der Waals surface area contributed by atoms with E-state index in [2.05, 4.69) is 49.5 Å². The molecule has 0 radical (unpaired) electrons. The van der Waals surface area contributed by atoms with Crippen LogP contribution in [0, 0.1) is 28.6 Å². The fourth-order valence-electron chi connectivity index (χ4n) is 15.2. The number of hydrogen-bond acceptors (Lipinski definition) is 16. The van der Waals surface area contributed by atoms with Gasteiger partial charge in [0, 0.05) is 92.0 Å². The lowest BCUT2D eigenvalue weighted by Crippen LogP contribution is -2.66. The number of thioether (sulfide) groups is 1. The highest BCUT2D eigenvalue weighted by molar-refractivity contribution is 7.99. The number of benzene rings is 4. The number of thiazole rings is 1. The van der Waals surface area contributed by atoms with Crippen LogP contribution < -0.4 is 25.6 Å². The number of aryl methyl sites for hydroxylation is 1. The lowest BCUT2D eigenvalue weighted by atomic mass is 9.32. The van der Waals surface area contributed by atoms with Gasteiger partial charge in [-0.05, 0) is 167 Å². The maximum atomic E-state index is 14.6. The van der Waals surface area contributed by atoms with E-state index in [4.69, 9.17) is 0 Å². The summed E-state index contributed by atoms with van der Waals surface area (Å²) in [6.07, 6.45) is 4.67. The van der Waals surface area contributed by atoms with Gasteiger partial charge in [-0.15, -0.1) is 23.1 Å². The molecule has 3 heterocycles. The van der Waals surface area contributed by atoms with Gasteiger partial charge >= 0.3 is 5.51 Å². The van der Waals surface area contributed by atoms with Crippen molar-refractivity contribution in [3.05, 3.63) is 131 Å². The SMILES string of the molecule is CCN(CCCCCCC(=O)NC(C(=O)N1C[C@H](O)C[C@H]1C(=O)N[C@@H](C)c1ccc(-c2scnc2C)cc1)C(C)(C)C)CCC(CSc1ccccc1)Nc1ccc(S(=O)(=O)NC(=O)c2ccc(N3CCN(CC4=C(C56CC(C(F)F)(C5)C6)CC(C)(C)CC4)CC3)cc2)cc1S(=O)(=O)C(F)(F)F. The largest absolute Gasteiger partial charge is 0.501 e. The van der Waals surface area contributed by atoms with Gasteiger partial charge in [0.1, 0.15) is 17.0 Å². The topological polar surface area (TPSA) is 231 Å². The molecule has 2 bridgehead atoms. The zero-order valence-electron chi connectivity index (χ0n) is 59.5. The van der Waals surface area contributed by atoms with Crippen LogP contribution in [-0.4, -0.2) is 166 Å². The molecule has 5 fully saturated rings. The number of sulfonamides is 1. The Morgan fingerprint density at radius 1 is 0.853 bits per heavy atom. The fourth-order valence-corrected chi connectivity index (χ4v) is 19.1. The number of nitrogens with zero attached hydrogens (tertiary/aromatic N) is 5. The van der Waals surface area contributed by atoms with Gasteiger partial charge in [0.2, 0.25) is 24.1 Å². The molecular formula is C75H98F5N9O9S4. The summed E-state index contributed by atoms with van der Waals surface area (Å²) in [5.41, 5.74) is 0.349. The van der Waals surface area contributed by atoms with Crippen LogP contribution >= 0.6 is 23.1 Å². The van der Waals surface area contributed by atoms with Gasteiger partial charge in [0.15, 0.2) is 0 Å². The Kier molecular flexibility index (Phi) is 24.6. The Hall–Kier alpha value is -6.49. The lowest BCUT2D eigenvalue weighted by molar-refractivity contribution is -0.250. The van der Waals surface area contributed by atoms with Gasteiger partial charge in [-0.25, -0.2) is 35.3 Å². The molecule has 556 valence electrons. The minimum atomic E-state index is -6.18. The second kappa shape index (κ2) is 32.1. The zero-order chi connectivity index (χ0) is 73.7. The summed E-state index contributed by atoms with van der Waals surface area (Å²) in [6.45, 7) is 21.0. The van der Waals surface area contributed by atoms with E-state index in [1.54, 1.807) is 29.0 Å². The number of likely N-dealkylation sites (tertiary alicyclic amines) is 1. The number of unbranched alkanes of at least 4 members (excludes halogenated alkanes) is 3. The van der Waals surface area contributed by atoms with E-state index >= 15 is 0 Å². The molecule has 3 saturated carbocycles. The fraction of sp³-hybridized carbons (Fsp3) is 0.560. The van der Waals surface area contributed by atoms with Gasteiger partial charge in [0.25, 0.3) is 25.8 Å². The number of aliphatic hydroxyl groups is 1. The molecule has 102 heavy (non-hydrogen) atoms. The number of rotatable bonds is 31. The third-order valence-electron chi connectivity index (χ3n) is 21.2. The lowest BCUT2D eigenvalue weighted by Gasteiger charge is -2.72. The number of nitrogens with one attached hydrogen (secondary N) is 4. The average Bonchev–Trinajstić information content (AvgIpc) is 0.782. The Bertz CT molecular complexity index is 4030. The summed E-state index contributed by atoms with van der Waals surface area (Å²) >= 11 is 2.95. The summed E-state index contributed by atoms with van der Waals surface area (Å²) in [6, 6.07) is 22.7. The van der Waals surface area contributed by atoms with Crippen molar-refractivity contribution in [3.8, 4) is 10.4 Å². The molecule has 5 aromatic rings. The number of hydrogen-bond donors (Lipinski definition) is 5. The molecule has 6 aliphatic rings. The zero-order valence-corrected chi connectivity index (χ0v) is 62.8. The Balaban J connectivity index is 0.709. The Morgan fingerprint density at radius 3 is 2.16 bits per heavy atom. The van der Waals surface area contributed by atoms with E-state index < -0.39 is 106 Å². The highest BCUT2D eigenvalue weighted by atomic mass is 32.2. The molecule has 2 saturated heterocycles. The second-order valence-corrected chi connectivity index (χ2v) is 36.0. The van der Waals surface area contributed by atoms with Crippen molar-refractivity contribution >= 4 is 78.0 Å². The van der Waals surface area contributed by atoms with Gasteiger partial charge in [-0.1, -0.05) is 108 Å². The van der Waals surface area contributed by atoms with Crippen LogP contribution in [0.2, 0.25) is 0 Å². The molecule has 11 rings (SSSR count). The highest BCUT2D eigenvalue weighted by Gasteiger charge is 2.73. The number of anilines is 2. The van der Waals surface area contributed by atoms with Crippen molar-refractivity contribution in [2.75, 3.05) is 74.9 Å². The van der Waals surface area contributed by atoms with Gasteiger partial charge < -0.3 is 35.8 Å². The van der Waals surface area contributed by atoms with Crippen molar-refractivity contribution in [2.45, 2.75) is 196 Å². The van der Waals surface area contributed by atoms with Crippen molar-refractivity contribution in [3.63, 3.8) is 0 Å². The predicted molar refractivity (Wildman–Crippen MR) is 390 cm³/mol. The second-order valence-electron chi connectivity index (χ2n) is 30.5. The van der Waals surface area contributed by atoms with Gasteiger partial charge in [0.05, 0.1) is 38.8 Å². The van der Waals surface area contributed by atoms with E-state index in [0.717, 1.165) is 96.2 Å². The predicted octanol–water partition coefficient (Wildman–Crippen LogP) is 13.2. The first-order valence-electron chi connectivity index (χ1n) is 35.4. The summed E-state index contributed by atoms with van der Waals surface area (Å²) in [5, 5.41) is 19.8. The number of alkyl halides is 5. The molecular weight excluding hydrogens is 1390 g/mol. The number of allylic oxidation sites excluding steroid dienone is 1. The molecule has 27 heteroatoms. The van der Waals surface area contributed by atoms with Crippen LogP contribution in [0.3, 0.4) is 0 Å². The average molecular weight is 1490 g/mol. The molecule has 2 unspecified atom stereocenters. The number of carbonyl (C=O) groups excluding carboxylic acids is 4. The standard InChI is InChI=1S/C75H98F5N9O9S4/c1-9-86(33-16-11-10-15-19-64(91)84-66(71(4,5)6)69(94)89-43-57(90)39-62(89)68(93)82-49(2)51-20-22-52(23-21-51)65-50(3)81-48-100-65)34-31-55(44-99-58-17-13-12-14-18-58)83-61-29-28-59(40-63(61)101(95,96)75(78,79)80)102(97,98)85-67(92)53-24-26-56(27-25-53)88-37-35-87(36-38-88)42-54-30-32-72(7,8)41-60(54)73-45-74(46-73,47-73)70(76)77/h12-14,17-18,20-29,40,48-49,55,57,62,66,70,83,90H,9-11,15-16,19,30-39,41-47H2,1-8H3,(H,82,93)(H,84,91)(H,85,92)/t49-,55?,57+,62-,66?,73?,74?/m0/s1. The smallest absolute Gasteiger partial charge is 0.391 e. The molecule has 4 aromatic carbocycles. The van der Waals surface area contributed by atoms with E-state index in [0.29, 0.717) is 77.3 Å². The molecule has 0 spiro atoms. The number of amides is 4. The monoisotopic (exact) mass is 1490 g/mol. The minimum Gasteiger partial charge on any atom is -0.391 e. The number of carbonyl (C=O) groups is 4. The molecule has 4 aliphatic carbocycles. The number of β-amino-alcohol motifs (C(OH)–C–C–N with tert-alkyl or cyclic N) is 1.